The summed E-state index contributed by atoms with van der Waals surface area (Å²) in [7, 11) is -2.09. The summed E-state index contributed by atoms with van der Waals surface area (Å²) in [5.74, 6) is 1.02. The lowest BCUT2D eigenvalue weighted by atomic mass is 9.92. The zero-order chi connectivity index (χ0) is 17.0. The van der Waals surface area contributed by atoms with Gasteiger partial charge in [-0.05, 0) is 43.0 Å². The molecule has 0 radical (unpaired) electrons. The normalized spacial score (nSPS) is 22.0. The second-order valence-corrected chi connectivity index (χ2v) is 8.25. The molecule has 1 aliphatic heterocycles. The Labute approximate surface area is 138 Å². The molecular weight excluding hydrogens is 314 g/mol. The van der Waals surface area contributed by atoms with Crippen molar-refractivity contribution in [3.63, 3.8) is 0 Å². The van der Waals surface area contributed by atoms with Crippen LogP contribution in [0.25, 0.3) is 0 Å². The standard InChI is InChI=1S/C16H25N3O3S/c1-12-7-13(2)11-19(10-12)16(20)18-9-14-5-4-6-15(8-14)23(21,22)17-3/h4-6,8,12-13,17H,7,9-11H2,1-3H3,(H,18,20)/t12-,13-/m0/s1. The summed E-state index contributed by atoms with van der Waals surface area (Å²) in [6.45, 7) is 6.16. The van der Waals surface area contributed by atoms with E-state index in [4.69, 9.17) is 0 Å². The Kier molecular flexibility index (Phi) is 5.64. The van der Waals surface area contributed by atoms with Gasteiger partial charge < -0.3 is 10.2 Å². The summed E-state index contributed by atoms with van der Waals surface area (Å²) in [5, 5.41) is 2.88. The zero-order valence-corrected chi connectivity index (χ0v) is 14.7. The summed E-state index contributed by atoms with van der Waals surface area (Å²) in [6.07, 6.45) is 1.15. The average Bonchev–Trinajstić information content (AvgIpc) is 2.52. The lowest BCUT2D eigenvalue weighted by molar-refractivity contribution is 0.146. The van der Waals surface area contributed by atoms with Gasteiger partial charge in [-0.15, -0.1) is 0 Å². The van der Waals surface area contributed by atoms with Crippen LogP contribution >= 0.6 is 0 Å². The van der Waals surface area contributed by atoms with Crippen molar-refractivity contribution in [2.45, 2.75) is 31.7 Å². The van der Waals surface area contributed by atoms with Crippen molar-refractivity contribution < 1.29 is 13.2 Å². The van der Waals surface area contributed by atoms with E-state index in [1.807, 2.05) is 4.90 Å². The number of rotatable bonds is 4. The fraction of sp³-hybridized carbons (Fsp3) is 0.562. The van der Waals surface area contributed by atoms with Crippen molar-refractivity contribution >= 4 is 16.1 Å². The number of amides is 2. The van der Waals surface area contributed by atoms with E-state index in [2.05, 4.69) is 23.9 Å². The van der Waals surface area contributed by atoms with Gasteiger partial charge in [-0.1, -0.05) is 26.0 Å². The molecule has 0 unspecified atom stereocenters. The second kappa shape index (κ2) is 7.31. The Balaban J connectivity index is 1.98. The smallest absolute Gasteiger partial charge is 0.317 e. The molecule has 0 aliphatic carbocycles. The third-order valence-electron chi connectivity index (χ3n) is 4.08. The number of hydrogen-bond acceptors (Lipinski definition) is 3. The number of piperidine rings is 1. The third kappa shape index (κ3) is 4.68. The van der Waals surface area contributed by atoms with Crippen molar-refractivity contribution in [3.8, 4) is 0 Å². The summed E-state index contributed by atoms with van der Waals surface area (Å²) in [5.41, 5.74) is 0.757. The van der Waals surface area contributed by atoms with Crippen molar-refractivity contribution in [2.24, 2.45) is 11.8 Å². The minimum absolute atomic E-state index is 0.0923. The first-order chi connectivity index (χ1) is 10.8. The molecule has 7 heteroatoms. The van der Waals surface area contributed by atoms with Crippen LogP contribution in [0.1, 0.15) is 25.8 Å². The predicted octanol–water partition coefficient (Wildman–Crippen LogP) is 1.78. The number of carbonyl (C=O) groups is 1. The molecule has 2 amide bonds. The highest BCUT2D eigenvalue weighted by atomic mass is 32.2. The van der Waals surface area contributed by atoms with Gasteiger partial charge in [0.15, 0.2) is 0 Å². The van der Waals surface area contributed by atoms with Crippen molar-refractivity contribution in [3.05, 3.63) is 29.8 Å². The zero-order valence-electron chi connectivity index (χ0n) is 13.9. The molecule has 23 heavy (non-hydrogen) atoms. The van der Waals surface area contributed by atoms with E-state index in [-0.39, 0.29) is 10.9 Å². The van der Waals surface area contributed by atoms with Crippen molar-refractivity contribution in [1.82, 2.24) is 14.9 Å². The number of likely N-dealkylation sites (tertiary alicyclic amines) is 1. The number of carbonyl (C=O) groups excluding carboxylic acids is 1. The molecule has 1 aromatic rings. The fourth-order valence-corrected chi connectivity index (χ4v) is 3.86. The molecular formula is C16H25N3O3S. The molecule has 6 nitrogen and oxygen atoms in total. The van der Waals surface area contributed by atoms with Gasteiger partial charge in [-0.25, -0.2) is 17.9 Å². The minimum Gasteiger partial charge on any atom is -0.334 e. The molecule has 1 aliphatic rings. The second-order valence-electron chi connectivity index (χ2n) is 6.36. The van der Waals surface area contributed by atoms with Crippen molar-refractivity contribution in [2.75, 3.05) is 20.1 Å². The quantitative estimate of drug-likeness (QED) is 0.878. The van der Waals surface area contributed by atoms with Crippen LogP contribution in [0.3, 0.4) is 0 Å². The molecule has 1 heterocycles. The van der Waals surface area contributed by atoms with E-state index >= 15 is 0 Å². The van der Waals surface area contributed by atoms with Gasteiger partial charge in [0, 0.05) is 19.6 Å². The van der Waals surface area contributed by atoms with Gasteiger partial charge >= 0.3 is 6.03 Å². The van der Waals surface area contributed by atoms with E-state index in [0.717, 1.165) is 25.1 Å². The fourth-order valence-electron chi connectivity index (χ4n) is 3.06. The summed E-state index contributed by atoms with van der Waals surface area (Å²) >= 11 is 0. The summed E-state index contributed by atoms with van der Waals surface area (Å²) < 4.78 is 25.9. The molecule has 1 aromatic carbocycles. The molecule has 0 bridgehead atoms. The van der Waals surface area contributed by atoms with Crippen LogP contribution in [0, 0.1) is 11.8 Å². The summed E-state index contributed by atoms with van der Waals surface area (Å²) in [6, 6.07) is 6.50. The lowest BCUT2D eigenvalue weighted by Crippen LogP contribution is -2.47. The molecule has 0 aromatic heterocycles. The number of nitrogens with one attached hydrogen (secondary N) is 2. The summed E-state index contributed by atoms with van der Waals surface area (Å²) in [4.78, 5) is 14.3. The lowest BCUT2D eigenvalue weighted by Gasteiger charge is -2.34. The van der Waals surface area contributed by atoms with Crippen LogP contribution in [0.5, 0.6) is 0 Å². The SMILES string of the molecule is CNS(=O)(=O)c1cccc(CNC(=O)N2C[C@@H](C)C[C@H](C)C2)c1. The maximum absolute atomic E-state index is 12.3. The molecule has 0 saturated carbocycles. The number of hydrogen-bond donors (Lipinski definition) is 2. The highest BCUT2D eigenvalue weighted by Gasteiger charge is 2.25. The van der Waals surface area contributed by atoms with Gasteiger partial charge in [0.2, 0.25) is 10.0 Å². The highest BCUT2D eigenvalue weighted by molar-refractivity contribution is 7.89. The Morgan fingerprint density at radius 2 is 1.91 bits per heavy atom. The number of urea groups is 1. The number of benzene rings is 1. The molecule has 2 atom stereocenters. The Morgan fingerprint density at radius 3 is 2.52 bits per heavy atom. The van der Waals surface area contributed by atoms with Crippen LogP contribution in [0.4, 0.5) is 4.79 Å². The monoisotopic (exact) mass is 339 g/mol. The third-order valence-corrected chi connectivity index (χ3v) is 5.49. The first-order valence-electron chi connectivity index (χ1n) is 7.87. The van der Waals surface area contributed by atoms with E-state index in [1.165, 1.54) is 13.1 Å². The molecule has 0 spiro atoms. The highest BCUT2D eigenvalue weighted by Crippen LogP contribution is 2.20. The first kappa shape index (κ1) is 17.7. The van der Waals surface area contributed by atoms with Gasteiger partial charge in [0.25, 0.3) is 0 Å². The van der Waals surface area contributed by atoms with Crippen LogP contribution < -0.4 is 10.0 Å². The van der Waals surface area contributed by atoms with Gasteiger partial charge in [0.05, 0.1) is 4.90 Å². The van der Waals surface area contributed by atoms with E-state index < -0.39 is 10.0 Å². The predicted molar refractivity (Wildman–Crippen MR) is 89.4 cm³/mol. The largest absolute Gasteiger partial charge is 0.334 e. The Morgan fingerprint density at radius 1 is 1.26 bits per heavy atom. The molecule has 128 valence electrons. The molecule has 2 N–H and O–H groups in total. The van der Waals surface area contributed by atoms with Crippen LogP contribution in [-0.4, -0.2) is 39.5 Å². The van der Waals surface area contributed by atoms with Gasteiger partial charge in [-0.3, -0.25) is 0 Å². The first-order valence-corrected chi connectivity index (χ1v) is 9.35. The van der Waals surface area contributed by atoms with Crippen molar-refractivity contribution in [1.29, 1.82) is 0 Å². The molecule has 1 fully saturated rings. The van der Waals surface area contributed by atoms with Crippen LogP contribution in [0.2, 0.25) is 0 Å². The minimum atomic E-state index is -3.47. The topological polar surface area (TPSA) is 78.5 Å². The average molecular weight is 339 g/mol. The Bertz CT molecular complexity index is 650. The number of nitrogens with zero attached hydrogens (tertiary/aromatic N) is 1. The molecule has 2 rings (SSSR count). The molecule has 1 saturated heterocycles. The van der Waals surface area contributed by atoms with Gasteiger partial charge in [-0.2, -0.15) is 0 Å². The number of sulfonamides is 1. The maximum atomic E-state index is 12.3. The van der Waals surface area contributed by atoms with Crippen LogP contribution in [-0.2, 0) is 16.6 Å². The van der Waals surface area contributed by atoms with E-state index in [9.17, 15) is 13.2 Å². The van der Waals surface area contributed by atoms with Crippen LogP contribution in [0.15, 0.2) is 29.2 Å². The van der Waals surface area contributed by atoms with Gasteiger partial charge in [0.1, 0.15) is 0 Å². The van der Waals surface area contributed by atoms with E-state index in [0.29, 0.717) is 18.4 Å². The van der Waals surface area contributed by atoms with E-state index in [1.54, 1.807) is 18.2 Å². The Hall–Kier alpha value is -1.60. The maximum Gasteiger partial charge on any atom is 0.317 e.